The highest BCUT2D eigenvalue weighted by Crippen LogP contribution is 2.21. The monoisotopic (exact) mass is 509 g/mol. The molecule has 10 nitrogen and oxygen atoms in total. The molecule has 1 aromatic carbocycles. The van der Waals surface area contributed by atoms with Gasteiger partial charge in [-0.1, -0.05) is 0 Å². The summed E-state index contributed by atoms with van der Waals surface area (Å²) < 4.78 is 33.5. The number of anilines is 1. The molecule has 4 heterocycles. The zero-order chi connectivity index (χ0) is 24.6. The number of hydrogen-bond donors (Lipinski definition) is 2. The van der Waals surface area contributed by atoms with Crippen LogP contribution in [0.15, 0.2) is 74.9 Å². The maximum absolute atomic E-state index is 13.0. The maximum Gasteiger partial charge on any atom is 0.333 e. The number of benzene rings is 1. The Bertz CT molecular complexity index is 1640. The number of rotatable bonds is 5. The van der Waals surface area contributed by atoms with Crippen LogP contribution >= 0.6 is 11.3 Å². The Labute approximate surface area is 204 Å². The number of pyridine rings is 2. The molecule has 0 unspecified atom stereocenters. The Morgan fingerprint density at radius 1 is 1.14 bits per heavy atom. The van der Waals surface area contributed by atoms with E-state index in [1.165, 1.54) is 22.9 Å². The van der Waals surface area contributed by atoms with Crippen molar-refractivity contribution in [2.24, 2.45) is 4.99 Å². The molecular formula is C23H19N5O5S2. The van der Waals surface area contributed by atoms with Gasteiger partial charge in [0, 0.05) is 22.0 Å². The summed E-state index contributed by atoms with van der Waals surface area (Å²) in [4.78, 5) is 34.6. The van der Waals surface area contributed by atoms with E-state index in [9.17, 15) is 18.0 Å². The fraction of sp³-hybridized carbons (Fsp3) is 0.130. The Kier molecular flexibility index (Phi) is 5.83. The Morgan fingerprint density at radius 3 is 2.69 bits per heavy atom. The highest BCUT2D eigenvalue weighted by atomic mass is 32.2. The zero-order valence-corrected chi connectivity index (χ0v) is 20.0. The van der Waals surface area contributed by atoms with Crippen LogP contribution in [-0.4, -0.2) is 43.0 Å². The smallest absolute Gasteiger partial charge is 0.333 e. The number of carbonyl (C=O) groups excluding carboxylic acids is 1. The number of thiophene rings is 1. The van der Waals surface area contributed by atoms with Gasteiger partial charge in [-0.3, -0.25) is 9.36 Å². The van der Waals surface area contributed by atoms with E-state index in [-0.39, 0.29) is 15.5 Å². The van der Waals surface area contributed by atoms with E-state index in [0.29, 0.717) is 30.3 Å². The van der Waals surface area contributed by atoms with Crippen molar-refractivity contribution in [3.63, 3.8) is 0 Å². The summed E-state index contributed by atoms with van der Waals surface area (Å²) in [6, 6.07) is 12.4. The van der Waals surface area contributed by atoms with Crippen LogP contribution in [0.25, 0.3) is 16.6 Å². The number of amides is 2. The third-order valence-electron chi connectivity index (χ3n) is 5.20. The minimum absolute atomic E-state index is 0.0465. The van der Waals surface area contributed by atoms with E-state index in [2.05, 4.69) is 15.3 Å². The number of aliphatic imine (C=N–C) groups is 1. The van der Waals surface area contributed by atoms with Crippen molar-refractivity contribution >= 4 is 49.7 Å². The van der Waals surface area contributed by atoms with Gasteiger partial charge in [-0.05, 0) is 60.8 Å². The van der Waals surface area contributed by atoms with Gasteiger partial charge in [-0.25, -0.2) is 27.9 Å². The van der Waals surface area contributed by atoms with Gasteiger partial charge in [0.2, 0.25) is 5.90 Å². The second-order valence-corrected chi connectivity index (χ2v) is 10.9. The predicted octanol–water partition coefficient (Wildman–Crippen LogP) is 3.04. The number of ether oxygens (including phenoxy) is 1. The quantitative estimate of drug-likeness (QED) is 0.425. The van der Waals surface area contributed by atoms with Crippen molar-refractivity contribution in [3.05, 3.63) is 81.7 Å². The summed E-state index contributed by atoms with van der Waals surface area (Å²) in [6.45, 7) is 2.95. The fourth-order valence-corrected chi connectivity index (χ4v) is 5.75. The summed E-state index contributed by atoms with van der Waals surface area (Å²) in [6.07, 6.45) is 2.95. The first-order valence-electron chi connectivity index (χ1n) is 10.5. The average Bonchev–Trinajstić information content (AvgIpc) is 3.52. The lowest BCUT2D eigenvalue weighted by Crippen LogP contribution is -2.34. The Morgan fingerprint density at radius 2 is 2.00 bits per heavy atom. The molecule has 2 N–H and O–H groups in total. The fourth-order valence-electron chi connectivity index (χ4n) is 3.56. The van der Waals surface area contributed by atoms with E-state index in [4.69, 9.17) is 4.74 Å². The highest BCUT2D eigenvalue weighted by molar-refractivity contribution is 7.92. The molecule has 5 rings (SSSR count). The number of carbonyl (C=O) groups is 1. The third-order valence-corrected chi connectivity index (χ3v) is 8.02. The van der Waals surface area contributed by atoms with Crippen LogP contribution in [0.3, 0.4) is 0 Å². The van der Waals surface area contributed by atoms with Gasteiger partial charge in [-0.15, -0.1) is 11.3 Å². The van der Waals surface area contributed by atoms with Crippen LogP contribution in [0.2, 0.25) is 0 Å². The lowest BCUT2D eigenvalue weighted by Gasteiger charge is -2.10. The van der Waals surface area contributed by atoms with E-state index < -0.39 is 16.1 Å². The van der Waals surface area contributed by atoms with E-state index >= 15 is 0 Å². The molecule has 178 valence electrons. The number of urea groups is 1. The number of nitrogens with zero attached hydrogens (tertiary/aromatic N) is 3. The molecule has 1 aliphatic rings. The molecule has 0 fully saturated rings. The first-order chi connectivity index (χ1) is 16.8. The largest absolute Gasteiger partial charge is 0.476 e. The van der Waals surface area contributed by atoms with Crippen LogP contribution < -0.4 is 15.6 Å². The molecule has 4 aromatic rings. The molecule has 0 aliphatic carbocycles. The average molecular weight is 510 g/mol. The van der Waals surface area contributed by atoms with Gasteiger partial charge in [0.05, 0.1) is 18.4 Å². The molecule has 0 saturated heterocycles. The summed E-state index contributed by atoms with van der Waals surface area (Å²) in [5, 5.41) is 3.69. The zero-order valence-electron chi connectivity index (χ0n) is 18.4. The number of nitrogens with one attached hydrogen (secondary N) is 2. The molecule has 0 saturated carbocycles. The van der Waals surface area contributed by atoms with Gasteiger partial charge in [0.1, 0.15) is 16.6 Å². The van der Waals surface area contributed by atoms with Crippen molar-refractivity contribution in [1.29, 1.82) is 0 Å². The van der Waals surface area contributed by atoms with E-state index in [1.807, 2.05) is 10.8 Å². The van der Waals surface area contributed by atoms with Crippen LogP contribution in [0, 0.1) is 6.92 Å². The molecule has 2 amide bonds. The molecule has 35 heavy (non-hydrogen) atoms. The molecule has 3 aromatic heterocycles. The minimum atomic E-state index is -3.97. The second kappa shape index (κ2) is 8.96. The van der Waals surface area contributed by atoms with Crippen molar-refractivity contribution in [3.8, 4) is 5.82 Å². The SMILES string of the molecule is Cc1ccc(S(=O)(=O)NC(=O)Nc2ccc(-n3ccc4cc(C5=NCCO5)ccc4c3=O)nc2)s1. The molecular weight excluding hydrogens is 490 g/mol. The third kappa shape index (κ3) is 4.66. The molecule has 0 bridgehead atoms. The predicted molar refractivity (Wildman–Crippen MR) is 133 cm³/mol. The highest BCUT2D eigenvalue weighted by Gasteiger charge is 2.19. The number of fused-ring (bicyclic) bond motifs is 1. The first-order valence-corrected chi connectivity index (χ1v) is 12.8. The molecule has 12 heteroatoms. The molecule has 0 atom stereocenters. The summed E-state index contributed by atoms with van der Waals surface area (Å²) in [5.41, 5.74) is 0.821. The lowest BCUT2D eigenvalue weighted by molar-refractivity contribution is 0.256. The van der Waals surface area contributed by atoms with E-state index in [0.717, 1.165) is 27.2 Å². The number of sulfonamides is 1. The second-order valence-electron chi connectivity index (χ2n) is 7.66. The Balaban J connectivity index is 1.33. The number of aromatic nitrogens is 2. The van der Waals surface area contributed by atoms with Crippen LogP contribution in [-0.2, 0) is 14.8 Å². The normalized spacial score (nSPS) is 13.3. The van der Waals surface area contributed by atoms with Crippen LogP contribution in [0.4, 0.5) is 10.5 Å². The van der Waals surface area contributed by atoms with Crippen molar-refractivity contribution in [2.75, 3.05) is 18.5 Å². The van der Waals surface area contributed by atoms with Gasteiger partial charge in [-0.2, -0.15) is 0 Å². The molecule has 0 radical (unpaired) electrons. The summed E-state index contributed by atoms with van der Waals surface area (Å²) >= 11 is 1.06. The van der Waals surface area contributed by atoms with Crippen LogP contribution in [0.1, 0.15) is 10.4 Å². The molecule has 1 aliphatic heterocycles. The van der Waals surface area contributed by atoms with Crippen molar-refractivity contribution in [1.82, 2.24) is 14.3 Å². The minimum Gasteiger partial charge on any atom is -0.476 e. The van der Waals surface area contributed by atoms with Gasteiger partial charge in [0.25, 0.3) is 15.6 Å². The standard InChI is InChI=1S/C23H19N5O5S2/c1-14-2-7-20(34-14)35(31,32)27-23(30)26-17-4-6-19(25-13-17)28-10-8-15-12-16(21-24-9-11-33-21)3-5-18(15)22(28)29/h2-8,10,12-13H,9,11H2,1H3,(H2,26,27,30). The summed E-state index contributed by atoms with van der Waals surface area (Å²) in [7, 11) is -3.97. The van der Waals surface area contributed by atoms with Crippen molar-refractivity contribution in [2.45, 2.75) is 11.1 Å². The van der Waals surface area contributed by atoms with Crippen molar-refractivity contribution < 1.29 is 17.9 Å². The summed E-state index contributed by atoms with van der Waals surface area (Å²) in [5.74, 6) is 0.917. The van der Waals surface area contributed by atoms with Gasteiger partial charge < -0.3 is 10.1 Å². The van der Waals surface area contributed by atoms with E-state index in [1.54, 1.807) is 43.5 Å². The number of hydrogen-bond acceptors (Lipinski definition) is 8. The maximum atomic E-state index is 13.0. The van der Waals surface area contributed by atoms with Gasteiger partial charge in [0.15, 0.2) is 0 Å². The number of aryl methyl sites for hydroxylation is 1. The Hall–Kier alpha value is -4.03. The first kappa shape index (κ1) is 22.7. The van der Waals surface area contributed by atoms with Gasteiger partial charge >= 0.3 is 6.03 Å². The van der Waals surface area contributed by atoms with Crippen LogP contribution in [0.5, 0.6) is 0 Å². The lowest BCUT2D eigenvalue weighted by atomic mass is 10.1. The molecule has 0 spiro atoms. The topological polar surface area (TPSA) is 132 Å².